The van der Waals surface area contributed by atoms with Crippen molar-refractivity contribution in [2.24, 2.45) is 0 Å². The molecule has 0 heterocycles. The summed E-state index contributed by atoms with van der Waals surface area (Å²) in [5.41, 5.74) is 1.30. The van der Waals surface area contributed by atoms with Gasteiger partial charge in [-0.3, -0.25) is 0 Å². The number of hydrogen-bond donors (Lipinski definition) is 1. The van der Waals surface area contributed by atoms with E-state index in [1.807, 2.05) is 36.4 Å². The van der Waals surface area contributed by atoms with Crippen LogP contribution in [0.1, 0.15) is 18.5 Å². The summed E-state index contributed by atoms with van der Waals surface area (Å²) in [6.45, 7) is 4.87. The molecule has 0 aromatic heterocycles. The molecule has 3 heteroatoms. The highest BCUT2D eigenvalue weighted by Gasteiger charge is 2.02. The maximum absolute atomic E-state index is 5.56. The van der Waals surface area contributed by atoms with Gasteiger partial charge in [0.05, 0.1) is 13.2 Å². The van der Waals surface area contributed by atoms with E-state index in [0.29, 0.717) is 25.9 Å². The predicted molar refractivity (Wildman–Crippen MR) is 85.6 cm³/mol. The normalized spacial score (nSPS) is 12.0. The summed E-state index contributed by atoms with van der Waals surface area (Å²) < 4.78 is 11.1. The van der Waals surface area contributed by atoms with Crippen molar-refractivity contribution in [2.75, 3.05) is 26.4 Å². The lowest BCUT2D eigenvalue weighted by Crippen LogP contribution is -2.24. The van der Waals surface area contributed by atoms with Crippen molar-refractivity contribution in [3.63, 3.8) is 0 Å². The summed E-state index contributed by atoms with van der Waals surface area (Å²) >= 11 is 0. The van der Waals surface area contributed by atoms with Crippen LogP contribution in [-0.2, 0) is 4.74 Å². The van der Waals surface area contributed by atoms with Crippen LogP contribution in [0.3, 0.4) is 0 Å². The van der Waals surface area contributed by atoms with E-state index in [2.05, 4.69) is 36.5 Å². The fourth-order valence-electron chi connectivity index (χ4n) is 2.04. The number of rotatable bonds is 9. The summed E-state index contributed by atoms with van der Waals surface area (Å²) in [5, 5.41) is 3.44. The van der Waals surface area contributed by atoms with Crippen molar-refractivity contribution in [2.45, 2.75) is 13.0 Å². The zero-order chi connectivity index (χ0) is 14.8. The van der Waals surface area contributed by atoms with Gasteiger partial charge >= 0.3 is 0 Å². The Balaban J connectivity index is 1.50. The Morgan fingerprint density at radius 2 is 1.52 bits per heavy atom. The molecule has 0 amide bonds. The molecule has 0 spiro atoms. The Morgan fingerprint density at radius 3 is 2.24 bits per heavy atom. The van der Waals surface area contributed by atoms with Gasteiger partial charge in [-0.25, -0.2) is 0 Å². The smallest absolute Gasteiger partial charge is 0.119 e. The molecule has 0 aliphatic carbocycles. The van der Waals surface area contributed by atoms with Crippen molar-refractivity contribution >= 4 is 0 Å². The van der Waals surface area contributed by atoms with Crippen LogP contribution in [0.15, 0.2) is 60.7 Å². The molecule has 0 bridgehead atoms. The minimum absolute atomic E-state index is 0.343. The molecule has 112 valence electrons. The molecule has 0 unspecified atom stereocenters. The van der Waals surface area contributed by atoms with E-state index in [4.69, 9.17) is 9.47 Å². The summed E-state index contributed by atoms with van der Waals surface area (Å²) in [7, 11) is 0. The lowest BCUT2D eigenvalue weighted by Gasteiger charge is -2.14. The number of ether oxygens (including phenoxy) is 2. The summed E-state index contributed by atoms with van der Waals surface area (Å²) in [5.74, 6) is 0.886. The van der Waals surface area contributed by atoms with Crippen LogP contribution < -0.4 is 10.1 Å². The maximum Gasteiger partial charge on any atom is 0.119 e. The van der Waals surface area contributed by atoms with Crippen LogP contribution in [0.25, 0.3) is 0 Å². The molecule has 2 aromatic rings. The molecule has 1 atom stereocenters. The second-order valence-electron chi connectivity index (χ2n) is 4.86. The summed E-state index contributed by atoms with van der Waals surface area (Å²) in [6.07, 6.45) is 0. The Morgan fingerprint density at radius 1 is 0.857 bits per heavy atom. The third-order valence-electron chi connectivity index (χ3n) is 3.24. The first-order chi connectivity index (χ1) is 10.4. The van der Waals surface area contributed by atoms with E-state index in [0.717, 1.165) is 12.3 Å². The highest BCUT2D eigenvalue weighted by Crippen LogP contribution is 2.10. The van der Waals surface area contributed by atoms with Gasteiger partial charge < -0.3 is 14.8 Å². The van der Waals surface area contributed by atoms with Gasteiger partial charge in [-0.2, -0.15) is 0 Å². The minimum atomic E-state index is 0.343. The second-order valence-corrected chi connectivity index (χ2v) is 4.86. The van der Waals surface area contributed by atoms with Crippen LogP contribution in [-0.4, -0.2) is 26.4 Å². The number of nitrogens with one attached hydrogen (secondary N) is 1. The molecule has 0 radical (unpaired) electrons. The standard InChI is InChI=1S/C18H23NO2/c1-16(17-8-4-2-5-9-17)19-12-13-20-14-15-21-18-10-6-3-7-11-18/h2-11,16,19H,12-15H2,1H3/t16-/m1/s1. The van der Waals surface area contributed by atoms with Crippen LogP contribution in [0.4, 0.5) is 0 Å². The van der Waals surface area contributed by atoms with Crippen LogP contribution in [0, 0.1) is 0 Å². The number of para-hydroxylation sites is 1. The molecule has 0 fully saturated rings. The first-order valence-corrected chi connectivity index (χ1v) is 7.40. The fourth-order valence-corrected chi connectivity index (χ4v) is 2.04. The Hall–Kier alpha value is -1.84. The van der Waals surface area contributed by atoms with Crippen LogP contribution >= 0.6 is 0 Å². The quantitative estimate of drug-likeness (QED) is 0.716. The fraction of sp³-hybridized carbons (Fsp3) is 0.333. The Kier molecular flexibility index (Phi) is 6.78. The minimum Gasteiger partial charge on any atom is -0.491 e. The van der Waals surface area contributed by atoms with E-state index in [9.17, 15) is 0 Å². The lowest BCUT2D eigenvalue weighted by molar-refractivity contribution is 0.101. The first kappa shape index (κ1) is 15.5. The highest BCUT2D eigenvalue weighted by molar-refractivity contribution is 5.20. The molecule has 2 rings (SSSR count). The first-order valence-electron chi connectivity index (χ1n) is 7.40. The van der Waals surface area contributed by atoms with Crippen molar-refractivity contribution in [3.8, 4) is 5.75 Å². The van der Waals surface area contributed by atoms with E-state index in [1.54, 1.807) is 0 Å². The summed E-state index contributed by atoms with van der Waals surface area (Å²) in [4.78, 5) is 0. The molecular formula is C18H23NO2. The zero-order valence-electron chi connectivity index (χ0n) is 12.5. The topological polar surface area (TPSA) is 30.5 Å². The average molecular weight is 285 g/mol. The molecule has 0 saturated carbocycles. The molecule has 0 saturated heterocycles. The van der Waals surface area contributed by atoms with Crippen molar-refractivity contribution in [1.82, 2.24) is 5.32 Å². The highest BCUT2D eigenvalue weighted by atomic mass is 16.5. The molecule has 1 N–H and O–H groups in total. The van der Waals surface area contributed by atoms with Crippen molar-refractivity contribution in [3.05, 3.63) is 66.2 Å². The van der Waals surface area contributed by atoms with E-state index >= 15 is 0 Å². The third kappa shape index (κ3) is 5.98. The van der Waals surface area contributed by atoms with Gasteiger partial charge in [-0.05, 0) is 24.6 Å². The lowest BCUT2D eigenvalue weighted by atomic mass is 10.1. The van der Waals surface area contributed by atoms with Crippen LogP contribution in [0.5, 0.6) is 5.75 Å². The molecule has 0 aliphatic heterocycles. The molecule has 0 aliphatic rings. The monoisotopic (exact) mass is 285 g/mol. The van der Waals surface area contributed by atoms with E-state index in [-0.39, 0.29) is 0 Å². The van der Waals surface area contributed by atoms with Crippen LogP contribution in [0.2, 0.25) is 0 Å². The average Bonchev–Trinajstić information content (AvgIpc) is 2.55. The van der Waals surface area contributed by atoms with Crippen molar-refractivity contribution < 1.29 is 9.47 Å². The van der Waals surface area contributed by atoms with E-state index in [1.165, 1.54) is 5.56 Å². The van der Waals surface area contributed by atoms with Gasteiger partial charge in [0, 0.05) is 12.6 Å². The molecular weight excluding hydrogens is 262 g/mol. The number of hydrogen-bond acceptors (Lipinski definition) is 3. The Bertz CT molecular complexity index is 487. The Labute approximate surface area is 126 Å². The largest absolute Gasteiger partial charge is 0.491 e. The van der Waals surface area contributed by atoms with Gasteiger partial charge in [0.25, 0.3) is 0 Å². The zero-order valence-corrected chi connectivity index (χ0v) is 12.5. The van der Waals surface area contributed by atoms with Gasteiger partial charge in [0.2, 0.25) is 0 Å². The number of benzene rings is 2. The van der Waals surface area contributed by atoms with Crippen molar-refractivity contribution in [1.29, 1.82) is 0 Å². The molecule has 3 nitrogen and oxygen atoms in total. The summed E-state index contributed by atoms with van der Waals surface area (Å²) in [6, 6.07) is 20.6. The van der Waals surface area contributed by atoms with Gasteiger partial charge in [0.1, 0.15) is 12.4 Å². The molecule has 21 heavy (non-hydrogen) atoms. The van der Waals surface area contributed by atoms with Gasteiger partial charge in [-0.1, -0.05) is 48.5 Å². The molecule has 2 aromatic carbocycles. The second kappa shape index (κ2) is 9.16. The maximum atomic E-state index is 5.56. The predicted octanol–water partition coefficient (Wildman–Crippen LogP) is 3.43. The van der Waals surface area contributed by atoms with Gasteiger partial charge in [0.15, 0.2) is 0 Å². The SMILES string of the molecule is C[C@@H](NCCOCCOc1ccccc1)c1ccccc1. The van der Waals surface area contributed by atoms with Gasteiger partial charge in [-0.15, -0.1) is 0 Å². The third-order valence-corrected chi connectivity index (χ3v) is 3.24. The van der Waals surface area contributed by atoms with E-state index < -0.39 is 0 Å².